The number of furan rings is 1. The minimum Gasteiger partial charge on any atom is -0.437 e. The van der Waals surface area contributed by atoms with Crippen LogP contribution < -0.4 is 0 Å². The standard InChI is InChI=1S/C29H22N2O/c1-17-7-9-21-14-22(11-10-20(21)13-17)26-15-27(30-16-18(26)2)25-6-4-5-23-24-12-8-19(3)31-29(24)32-28(23)25/h4-16H,1-3H3. The third kappa shape index (κ3) is 2.97. The summed E-state index contributed by atoms with van der Waals surface area (Å²) in [5, 5.41) is 4.60. The molecular formula is C29H22N2O. The van der Waals surface area contributed by atoms with Crippen molar-refractivity contribution < 1.29 is 4.42 Å². The van der Waals surface area contributed by atoms with Crippen molar-refractivity contribution in [3.05, 3.63) is 95.8 Å². The van der Waals surface area contributed by atoms with Gasteiger partial charge in [-0.05, 0) is 78.6 Å². The molecule has 3 heterocycles. The van der Waals surface area contributed by atoms with E-state index >= 15 is 0 Å². The summed E-state index contributed by atoms with van der Waals surface area (Å²) in [6, 6.07) is 25.7. The van der Waals surface area contributed by atoms with Crippen LogP contribution in [0.1, 0.15) is 16.8 Å². The van der Waals surface area contributed by atoms with Gasteiger partial charge in [0.15, 0.2) is 0 Å². The maximum absolute atomic E-state index is 6.21. The highest BCUT2D eigenvalue weighted by atomic mass is 16.3. The molecule has 0 radical (unpaired) electrons. The highest BCUT2D eigenvalue weighted by Crippen LogP contribution is 2.36. The van der Waals surface area contributed by atoms with E-state index in [-0.39, 0.29) is 0 Å². The summed E-state index contributed by atoms with van der Waals surface area (Å²) in [5.74, 6) is 0. The molecule has 154 valence electrons. The number of fused-ring (bicyclic) bond motifs is 4. The smallest absolute Gasteiger partial charge is 0.227 e. The van der Waals surface area contributed by atoms with Crippen LogP contribution in [0.15, 0.2) is 83.4 Å². The molecule has 32 heavy (non-hydrogen) atoms. The van der Waals surface area contributed by atoms with Crippen LogP contribution in [-0.2, 0) is 0 Å². The Kier molecular flexibility index (Phi) is 4.12. The van der Waals surface area contributed by atoms with Crippen molar-refractivity contribution in [2.75, 3.05) is 0 Å². The molecule has 6 aromatic rings. The first-order chi connectivity index (χ1) is 15.6. The molecular weight excluding hydrogens is 392 g/mol. The predicted octanol–water partition coefficient (Wildman–Crippen LogP) is 7.79. The molecule has 0 unspecified atom stereocenters. The molecule has 0 saturated heterocycles. The second-order valence-electron chi connectivity index (χ2n) is 8.54. The van der Waals surface area contributed by atoms with Crippen molar-refractivity contribution in [2.24, 2.45) is 0 Å². The number of aromatic nitrogens is 2. The van der Waals surface area contributed by atoms with Crippen LogP contribution in [-0.4, -0.2) is 9.97 Å². The zero-order valence-electron chi connectivity index (χ0n) is 18.3. The lowest BCUT2D eigenvalue weighted by molar-refractivity contribution is 0.653. The third-order valence-electron chi connectivity index (χ3n) is 6.19. The summed E-state index contributed by atoms with van der Waals surface area (Å²) in [7, 11) is 0. The van der Waals surface area contributed by atoms with Crippen LogP contribution in [0.3, 0.4) is 0 Å². The van der Waals surface area contributed by atoms with Crippen LogP contribution in [0, 0.1) is 20.8 Å². The van der Waals surface area contributed by atoms with Crippen LogP contribution in [0.25, 0.3) is 55.2 Å². The van der Waals surface area contributed by atoms with Gasteiger partial charge in [-0.2, -0.15) is 0 Å². The van der Waals surface area contributed by atoms with Crippen LogP contribution in [0.2, 0.25) is 0 Å². The molecule has 0 fully saturated rings. The minimum atomic E-state index is 0.671. The van der Waals surface area contributed by atoms with E-state index in [1.807, 2.05) is 19.2 Å². The van der Waals surface area contributed by atoms with Gasteiger partial charge in [-0.1, -0.05) is 48.0 Å². The lowest BCUT2D eigenvalue weighted by Crippen LogP contribution is -1.90. The van der Waals surface area contributed by atoms with Crippen molar-refractivity contribution in [3.63, 3.8) is 0 Å². The predicted molar refractivity (Wildman–Crippen MR) is 132 cm³/mol. The van der Waals surface area contributed by atoms with Crippen molar-refractivity contribution in [2.45, 2.75) is 20.8 Å². The van der Waals surface area contributed by atoms with E-state index in [0.29, 0.717) is 5.71 Å². The molecule has 0 saturated carbocycles. The number of pyridine rings is 2. The summed E-state index contributed by atoms with van der Waals surface area (Å²) < 4.78 is 6.21. The maximum Gasteiger partial charge on any atom is 0.227 e. The van der Waals surface area contributed by atoms with Gasteiger partial charge in [-0.3, -0.25) is 4.98 Å². The quantitative estimate of drug-likeness (QED) is 0.290. The topological polar surface area (TPSA) is 38.9 Å². The van der Waals surface area contributed by atoms with E-state index in [1.54, 1.807) is 0 Å². The maximum atomic E-state index is 6.21. The monoisotopic (exact) mass is 414 g/mol. The lowest BCUT2D eigenvalue weighted by Gasteiger charge is -2.10. The first-order valence-electron chi connectivity index (χ1n) is 10.8. The van der Waals surface area contributed by atoms with Gasteiger partial charge < -0.3 is 4.42 Å². The largest absolute Gasteiger partial charge is 0.437 e. The zero-order chi connectivity index (χ0) is 21.8. The highest BCUT2D eigenvalue weighted by Gasteiger charge is 2.15. The summed E-state index contributed by atoms with van der Waals surface area (Å²) in [5.41, 5.74) is 9.12. The highest BCUT2D eigenvalue weighted by molar-refractivity contribution is 6.08. The first kappa shape index (κ1) is 18.8. The minimum absolute atomic E-state index is 0.671. The molecule has 0 aliphatic carbocycles. The van der Waals surface area contributed by atoms with E-state index < -0.39 is 0 Å². The summed E-state index contributed by atoms with van der Waals surface area (Å²) in [6.07, 6.45) is 1.95. The second-order valence-corrected chi connectivity index (χ2v) is 8.54. The Bertz CT molecular complexity index is 1660. The van der Waals surface area contributed by atoms with Crippen molar-refractivity contribution in [1.82, 2.24) is 9.97 Å². The molecule has 3 aromatic carbocycles. The van der Waals surface area contributed by atoms with Crippen molar-refractivity contribution in [3.8, 4) is 22.4 Å². The molecule has 0 amide bonds. The number of para-hydroxylation sites is 1. The average Bonchev–Trinajstić information content (AvgIpc) is 3.17. The molecule has 3 heteroatoms. The van der Waals surface area contributed by atoms with Crippen molar-refractivity contribution in [1.29, 1.82) is 0 Å². The van der Waals surface area contributed by atoms with Gasteiger partial charge in [-0.15, -0.1) is 0 Å². The van der Waals surface area contributed by atoms with Gasteiger partial charge >= 0.3 is 0 Å². The van der Waals surface area contributed by atoms with Gasteiger partial charge in [0.2, 0.25) is 5.71 Å². The fourth-order valence-corrected chi connectivity index (χ4v) is 4.49. The lowest BCUT2D eigenvalue weighted by atomic mass is 9.96. The fraction of sp³-hybridized carbons (Fsp3) is 0.103. The molecule has 0 aliphatic heterocycles. The molecule has 0 N–H and O–H groups in total. The Balaban J connectivity index is 1.54. The van der Waals surface area contributed by atoms with Gasteiger partial charge in [0.1, 0.15) is 5.58 Å². The molecule has 6 rings (SSSR count). The van der Waals surface area contributed by atoms with Gasteiger partial charge in [0.05, 0.1) is 5.69 Å². The number of hydrogen-bond donors (Lipinski definition) is 0. The first-order valence-corrected chi connectivity index (χ1v) is 10.8. The Labute approximate surface area is 186 Å². The number of hydrogen-bond acceptors (Lipinski definition) is 3. The number of rotatable bonds is 2. The molecule has 3 nitrogen and oxygen atoms in total. The molecule has 3 aromatic heterocycles. The van der Waals surface area contributed by atoms with Gasteiger partial charge in [0, 0.05) is 28.2 Å². The fourth-order valence-electron chi connectivity index (χ4n) is 4.49. The van der Waals surface area contributed by atoms with E-state index in [2.05, 4.69) is 85.6 Å². The van der Waals surface area contributed by atoms with Gasteiger partial charge in [-0.25, -0.2) is 4.98 Å². The number of aryl methyl sites for hydroxylation is 3. The average molecular weight is 415 g/mol. The normalized spacial score (nSPS) is 11.6. The third-order valence-corrected chi connectivity index (χ3v) is 6.19. The SMILES string of the molecule is Cc1ccc2cc(-c3cc(-c4cccc5c4oc4nc(C)ccc45)ncc3C)ccc2c1. The van der Waals surface area contributed by atoms with Gasteiger partial charge in [0.25, 0.3) is 0 Å². The Morgan fingerprint density at radius 2 is 1.56 bits per heavy atom. The van der Waals surface area contributed by atoms with Crippen molar-refractivity contribution >= 4 is 32.8 Å². The zero-order valence-corrected chi connectivity index (χ0v) is 18.3. The molecule has 0 spiro atoms. The molecule has 0 bridgehead atoms. The Morgan fingerprint density at radius 3 is 2.47 bits per heavy atom. The second kappa shape index (κ2) is 7.03. The summed E-state index contributed by atoms with van der Waals surface area (Å²) >= 11 is 0. The van der Waals surface area contributed by atoms with Crippen LogP contribution in [0.5, 0.6) is 0 Å². The van der Waals surface area contributed by atoms with Crippen LogP contribution in [0.4, 0.5) is 0 Å². The van der Waals surface area contributed by atoms with E-state index in [4.69, 9.17) is 9.40 Å². The summed E-state index contributed by atoms with van der Waals surface area (Å²) in [6.45, 7) is 6.22. The van der Waals surface area contributed by atoms with Crippen LogP contribution >= 0.6 is 0 Å². The Morgan fingerprint density at radius 1 is 0.719 bits per heavy atom. The molecule has 0 aliphatic rings. The molecule has 0 atom stereocenters. The van der Waals surface area contributed by atoms with E-state index in [1.165, 1.54) is 27.5 Å². The van der Waals surface area contributed by atoms with E-state index in [0.717, 1.165) is 38.9 Å². The number of nitrogens with zero attached hydrogens (tertiary/aromatic N) is 2. The number of benzene rings is 3. The Hall–Kier alpha value is -3.98. The summed E-state index contributed by atoms with van der Waals surface area (Å²) in [4.78, 5) is 9.34. The van der Waals surface area contributed by atoms with E-state index in [9.17, 15) is 0 Å².